The van der Waals surface area contributed by atoms with E-state index in [4.69, 9.17) is 0 Å². The van der Waals surface area contributed by atoms with E-state index in [0.717, 1.165) is 6.54 Å². The second-order valence-electron chi connectivity index (χ2n) is 6.00. The molecule has 20 heavy (non-hydrogen) atoms. The van der Waals surface area contributed by atoms with Crippen LogP contribution < -0.4 is 10.6 Å². The Morgan fingerprint density at radius 3 is 2.65 bits per heavy atom. The third kappa shape index (κ3) is 3.83. The summed E-state index contributed by atoms with van der Waals surface area (Å²) in [5.74, 6) is 0.182. The summed E-state index contributed by atoms with van der Waals surface area (Å²) in [5.41, 5.74) is 4.38. The summed E-state index contributed by atoms with van der Waals surface area (Å²) < 4.78 is 0. The predicted octanol–water partition coefficient (Wildman–Crippen LogP) is 2.60. The van der Waals surface area contributed by atoms with Crippen molar-refractivity contribution in [1.29, 1.82) is 0 Å². The fourth-order valence-electron chi connectivity index (χ4n) is 2.66. The molecule has 1 aromatic rings. The maximum atomic E-state index is 11.4. The second-order valence-corrected chi connectivity index (χ2v) is 6.00. The first-order chi connectivity index (χ1) is 9.58. The van der Waals surface area contributed by atoms with E-state index in [1.165, 1.54) is 36.0 Å². The van der Waals surface area contributed by atoms with Gasteiger partial charge in [-0.3, -0.25) is 4.79 Å². The van der Waals surface area contributed by atoms with Gasteiger partial charge in [0.1, 0.15) is 0 Å². The van der Waals surface area contributed by atoms with Gasteiger partial charge >= 0.3 is 0 Å². The zero-order valence-electron chi connectivity index (χ0n) is 12.8. The molecule has 0 radical (unpaired) electrons. The van der Waals surface area contributed by atoms with E-state index in [9.17, 15) is 4.79 Å². The van der Waals surface area contributed by atoms with Crippen molar-refractivity contribution in [2.75, 3.05) is 13.1 Å². The molecule has 0 spiro atoms. The van der Waals surface area contributed by atoms with Crippen LogP contribution in [-0.4, -0.2) is 19.0 Å². The van der Waals surface area contributed by atoms with Crippen molar-refractivity contribution < 1.29 is 4.79 Å². The Balaban J connectivity index is 1.77. The van der Waals surface area contributed by atoms with Gasteiger partial charge in [0.2, 0.25) is 5.91 Å². The van der Waals surface area contributed by atoms with Crippen LogP contribution in [0.5, 0.6) is 0 Å². The lowest BCUT2D eigenvalue weighted by Crippen LogP contribution is -2.35. The van der Waals surface area contributed by atoms with Gasteiger partial charge in [-0.2, -0.15) is 0 Å². The monoisotopic (exact) mass is 274 g/mol. The molecule has 0 aromatic heterocycles. The highest BCUT2D eigenvalue weighted by Crippen LogP contribution is 2.25. The van der Waals surface area contributed by atoms with Gasteiger partial charge in [-0.1, -0.05) is 32.0 Å². The molecule has 0 saturated carbocycles. The highest BCUT2D eigenvalue weighted by Gasteiger charge is 2.13. The van der Waals surface area contributed by atoms with Crippen molar-refractivity contribution in [3.05, 3.63) is 34.9 Å². The molecule has 2 rings (SSSR count). The van der Waals surface area contributed by atoms with E-state index in [1.54, 1.807) is 0 Å². The van der Waals surface area contributed by atoms with E-state index in [1.807, 2.05) is 13.8 Å². The average molecular weight is 274 g/mol. The van der Waals surface area contributed by atoms with Crippen molar-refractivity contribution in [2.45, 2.75) is 46.1 Å². The quantitative estimate of drug-likeness (QED) is 0.783. The number of aryl methyl sites for hydroxylation is 2. The lowest BCUT2D eigenvalue weighted by molar-refractivity contribution is -0.123. The first kappa shape index (κ1) is 15.0. The van der Waals surface area contributed by atoms with Crippen LogP contribution in [-0.2, 0) is 17.6 Å². The predicted molar refractivity (Wildman–Crippen MR) is 82.7 cm³/mol. The number of carbonyl (C=O) groups excluding carboxylic acids is 1. The number of fused-ring (bicyclic) bond motifs is 1. The molecular weight excluding hydrogens is 248 g/mol. The van der Waals surface area contributed by atoms with Gasteiger partial charge in [-0.25, -0.2) is 0 Å². The van der Waals surface area contributed by atoms with Crippen molar-refractivity contribution in [3.63, 3.8) is 0 Å². The molecule has 0 bridgehead atoms. The highest BCUT2D eigenvalue weighted by atomic mass is 16.1. The number of hydrogen-bond acceptors (Lipinski definition) is 2. The molecule has 110 valence electrons. The maximum absolute atomic E-state index is 11.4. The average Bonchev–Trinajstić information content (AvgIpc) is 2.90. The molecule has 3 nitrogen and oxygen atoms in total. The minimum absolute atomic E-state index is 0.0594. The number of rotatable bonds is 6. The highest BCUT2D eigenvalue weighted by molar-refractivity contribution is 5.77. The van der Waals surface area contributed by atoms with E-state index in [-0.39, 0.29) is 11.8 Å². The third-order valence-electron chi connectivity index (χ3n) is 4.02. The Morgan fingerprint density at radius 2 is 1.90 bits per heavy atom. The molecule has 0 fully saturated rings. The fourth-order valence-corrected chi connectivity index (χ4v) is 2.66. The first-order valence-electron chi connectivity index (χ1n) is 7.70. The van der Waals surface area contributed by atoms with Crippen LogP contribution in [0, 0.1) is 5.92 Å². The van der Waals surface area contributed by atoms with E-state index in [2.05, 4.69) is 35.8 Å². The molecular formula is C17H26N2O. The van der Waals surface area contributed by atoms with E-state index < -0.39 is 0 Å². The van der Waals surface area contributed by atoms with Gasteiger partial charge < -0.3 is 10.6 Å². The largest absolute Gasteiger partial charge is 0.355 e. The van der Waals surface area contributed by atoms with E-state index >= 15 is 0 Å². The zero-order chi connectivity index (χ0) is 14.5. The maximum Gasteiger partial charge on any atom is 0.222 e. The van der Waals surface area contributed by atoms with Crippen molar-refractivity contribution >= 4 is 5.91 Å². The fraction of sp³-hybridized carbons (Fsp3) is 0.588. The molecule has 1 unspecified atom stereocenters. The normalized spacial score (nSPS) is 15.2. The molecule has 1 aromatic carbocycles. The summed E-state index contributed by atoms with van der Waals surface area (Å²) in [4.78, 5) is 11.4. The Hall–Kier alpha value is -1.35. The third-order valence-corrected chi connectivity index (χ3v) is 4.02. The van der Waals surface area contributed by atoms with Gasteiger partial charge in [-0.15, -0.1) is 0 Å². The molecule has 1 amide bonds. The number of hydrogen-bond donors (Lipinski definition) is 2. The van der Waals surface area contributed by atoms with Gasteiger partial charge in [0.05, 0.1) is 0 Å². The van der Waals surface area contributed by atoms with Gasteiger partial charge in [0, 0.05) is 25.0 Å². The van der Waals surface area contributed by atoms with Gasteiger partial charge in [0.15, 0.2) is 0 Å². The summed E-state index contributed by atoms with van der Waals surface area (Å²) in [6, 6.07) is 7.18. The lowest BCUT2D eigenvalue weighted by Gasteiger charge is -2.16. The van der Waals surface area contributed by atoms with Crippen LogP contribution in [0.2, 0.25) is 0 Å². The van der Waals surface area contributed by atoms with Crippen molar-refractivity contribution in [3.8, 4) is 0 Å². The molecule has 0 aliphatic heterocycles. The van der Waals surface area contributed by atoms with Gasteiger partial charge in [-0.05, 0) is 42.9 Å². The smallest absolute Gasteiger partial charge is 0.222 e. The van der Waals surface area contributed by atoms with Gasteiger partial charge in [0.25, 0.3) is 0 Å². The van der Waals surface area contributed by atoms with Crippen molar-refractivity contribution in [1.82, 2.24) is 10.6 Å². The second kappa shape index (κ2) is 6.89. The van der Waals surface area contributed by atoms with Crippen LogP contribution >= 0.6 is 0 Å². The van der Waals surface area contributed by atoms with Crippen LogP contribution in [0.4, 0.5) is 0 Å². The molecule has 0 saturated heterocycles. The minimum atomic E-state index is 0.0594. The van der Waals surface area contributed by atoms with Crippen LogP contribution in [0.25, 0.3) is 0 Å². The Bertz CT molecular complexity index is 468. The Morgan fingerprint density at radius 1 is 1.15 bits per heavy atom. The molecule has 2 N–H and O–H groups in total. The van der Waals surface area contributed by atoms with E-state index in [0.29, 0.717) is 12.6 Å². The Kier molecular flexibility index (Phi) is 5.18. The summed E-state index contributed by atoms with van der Waals surface area (Å²) in [5, 5.41) is 6.40. The Labute approximate surface area is 122 Å². The number of amides is 1. The number of benzene rings is 1. The summed E-state index contributed by atoms with van der Waals surface area (Å²) in [7, 11) is 0. The topological polar surface area (TPSA) is 41.1 Å². The standard InChI is InChI=1S/C17H26N2O/c1-12(2)17(20)19-10-9-18-13(3)15-8-7-14-5-4-6-16(14)11-15/h7-8,11-13,18H,4-6,9-10H2,1-3H3,(H,19,20). The molecule has 1 aliphatic carbocycles. The molecule has 3 heteroatoms. The molecule has 1 atom stereocenters. The first-order valence-corrected chi connectivity index (χ1v) is 7.70. The molecule has 0 heterocycles. The SMILES string of the molecule is CC(C)C(=O)NCCNC(C)c1ccc2c(c1)CCC2. The number of carbonyl (C=O) groups is 1. The van der Waals surface area contributed by atoms with Crippen molar-refractivity contribution in [2.24, 2.45) is 5.92 Å². The summed E-state index contributed by atoms with van der Waals surface area (Å²) in [6.45, 7) is 7.50. The minimum Gasteiger partial charge on any atom is -0.355 e. The van der Waals surface area contributed by atoms with Crippen LogP contribution in [0.1, 0.15) is 49.9 Å². The summed E-state index contributed by atoms with van der Waals surface area (Å²) in [6.07, 6.45) is 3.75. The van der Waals surface area contributed by atoms with Crippen LogP contribution in [0.3, 0.4) is 0 Å². The number of nitrogens with one attached hydrogen (secondary N) is 2. The lowest BCUT2D eigenvalue weighted by atomic mass is 10.0. The molecule has 1 aliphatic rings. The zero-order valence-corrected chi connectivity index (χ0v) is 12.8. The summed E-state index contributed by atoms with van der Waals surface area (Å²) >= 11 is 0. The van der Waals surface area contributed by atoms with Crippen LogP contribution in [0.15, 0.2) is 18.2 Å².